The summed E-state index contributed by atoms with van der Waals surface area (Å²) >= 11 is 0. The topological polar surface area (TPSA) is 56.5 Å². The van der Waals surface area contributed by atoms with Crippen molar-refractivity contribution in [3.05, 3.63) is 18.2 Å². The van der Waals surface area contributed by atoms with Crippen molar-refractivity contribution < 1.29 is 9.68 Å². The van der Waals surface area contributed by atoms with E-state index in [1.165, 1.54) is 0 Å². The Kier molecular flexibility index (Phi) is 0.956. The van der Waals surface area contributed by atoms with Gasteiger partial charge in [0.15, 0.2) is 5.75 Å². The Bertz CT molecular complexity index is 262. The highest BCUT2D eigenvalue weighted by atomic mass is 16.9. The van der Waals surface area contributed by atoms with E-state index in [1.54, 1.807) is 18.2 Å². The van der Waals surface area contributed by atoms with E-state index in [4.69, 9.17) is 15.4 Å². The number of rotatable bonds is 0. The molecule has 0 spiro atoms. The second kappa shape index (κ2) is 1.78. The van der Waals surface area contributed by atoms with Gasteiger partial charge >= 0.3 is 0 Å². The van der Waals surface area contributed by atoms with Gasteiger partial charge in [-0.2, -0.15) is 0 Å². The minimum atomic E-state index is 0.558. The molecule has 4 heteroatoms. The molecule has 0 fully saturated rings. The highest BCUT2D eigenvalue weighted by Gasteiger charge is 2.15. The second-order valence-corrected chi connectivity index (χ2v) is 1.96. The number of fused-ring (bicyclic) bond motifs is 1. The van der Waals surface area contributed by atoms with Crippen LogP contribution in [0.1, 0.15) is 0 Å². The first kappa shape index (κ1) is 5.37. The zero-order valence-electron chi connectivity index (χ0n) is 5.13. The van der Waals surface area contributed by atoms with Gasteiger partial charge in [0.05, 0.1) is 5.69 Å². The van der Waals surface area contributed by atoms with E-state index in [0.717, 1.165) is 0 Å². The van der Waals surface area contributed by atoms with E-state index >= 15 is 0 Å². The van der Waals surface area contributed by atoms with Gasteiger partial charge in [-0.3, -0.25) is 0 Å². The number of nitrogen functional groups attached to an aromatic ring is 1. The fourth-order valence-electron chi connectivity index (χ4n) is 0.830. The molecule has 0 unspecified atom stereocenters. The lowest BCUT2D eigenvalue weighted by molar-refractivity contribution is 0.0263. The molecule has 0 aliphatic carbocycles. The third-order valence-electron chi connectivity index (χ3n) is 1.30. The molecule has 2 rings (SSSR count). The molecule has 4 nitrogen and oxygen atoms in total. The molecule has 10 heavy (non-hydrogen) atoms. The van der Waals surface area contributed by atoms with Crippen LogP contribution in [-0.4, -0.2) is 0 Å². The average Bonchev–Trinajstić information content (AvgIpc) is 2.36. The Morgan fingerprint density at radius 3 is 3.00 bits per heavy atom. The molecular formula is C6H6N2O2. The maximum absolute atomic E-state index is 5.53. The predicted molar refractivity (Wildman–Crippen MR) is 35.2 cm³/mol. The maximum atomic E-state index is 5.53. The van der Waals surface area contributed by atoms with Gasteiger partial charge in [-0.25, -0.2) is 0 Å². The molecule has 52 valence electrons. The molecule has 0 amide bonds. The quantitative estimate of drug-likeness (QED) is 0.511. The molecule has 1 aromatic carbocycles. The Labute approximate surface area is 57.5 Å². The SMILES string of the molecule is Nc1cccc2c1ONO2. The first-order valence-corrected chi connectivity index (χ1v) is 2.85. The van der Waals surface area contributed by atoms with Gasteiger partial charge in [0.2, 0.25) is 5.75 Å². The lowest BCUT2D eigenvalue weighted by atomic mass is 10.3. The van der Waals surface area contributed by atoms with Crippen molar-refractivity contribution in [2.75, 3.05) is 5.73 Å². The standard InChI is InChI=1S/C6H6N2O2/c7-4-2-1-3-5-6(4)10-8-9-5/h1-3,8H,7H2. The summed E-state index contributed by atoms with van der Waals surface area (Å²) in [6.45, 7) is 0. The lowest BCUT2D eigenvalue weighted by Gasteiger charge is -1.94. The number of nitrogens with one attached hydrogen (secondary N) is 1. The summed E-state index contributed by atoms with van der Waals surface area (Å²) in [5.74, 6) is 1.18. The minimum Gasteiger partial charge on any atom is -0.396 e. The summed E-state index contributed by atoms with van der Waals surface area (Å²) in [5.41, 5.74) is 8.35. The summed E-state index contributed by atoms with van der Waals surface area (Å²) in [6, 6.07) is 5.31. The van der Waals surface area contributed by atoms with Crippen LogP contribution in [0.2, 0.25) is 0 Å². The Balaban J connectivity index is 2.59. The van der Waals surface area contributed by atoms with Gasteiger partial charge < -0.3 is 15.4 Å². The van der Waals surface area contributed by atoms with E-state index in [9.17, 15) is 0 Å². The predicted octanol–water partition coefficient (Wildman–Crippen LogP) is 0.460. The summed E-state index contributed by atoms with van der Waals surface area (Å²) in [4.78, 5) is 9.66. The highest BCUT2D eigenvalue weighted by molar-refractivity contribution is 5.60. The molecule has 0 bridgehead atoms. The van der Waals surface area contributed by atoms with E-state index in [1.807, 2.05) is 0 Å². The van der Waals surface area contributed by atoms with Crippen LogP contribution in [-0.2, 0) is 0 Å². The highest BCUT2D eigenvalue weighted by Crippen LogP contribution is 2.34. The summed E-state index contributed by atoms with van der Waals surface area (Å²) in [7, 11) is 0. The van der Waals surface area contributed by atoms with Crippen molar-refractivity contribution in [2.45, 2.75) is 0 Å². The van der Waals surface area contributed by atoms with Crippen molar-refractivity contribution in [1.82, 2.24) is 5.64 Å². The van der Waals surface area contributed by atoms with Gasteiger partial charge in [-0.05, 0) is 12.1 Å². The number of anilines is 1. The van der Waals surface area contributed by atoms with Crippen molar-refractivity contribution in [2.24, 2.45) is 0 Å². The number of benzene rings is 1. The van der Waals surface area contributed by atoms with Crippen LogP contribution in [0.4, 0.5) is 5.69 Å². The Morgan fingerprint density at radius 1 is 1.30 bits per heavy atom. The van der Waals surface area contributed by atoms with Crippen molar-refractivity contribution in [3.63, 3.8) is 0 Å². The number of para-hydroxylation sites is 1. The smallest absolute Gasteiger partial charge is 0.218 e. The summed E-state index contributed by atoms with van der Waals surface area (Å²) in [5, 5.41) is 0. The molecule has 1 aliphatic rings. The number of hydrogen-bond acceptors (Lipinski definition) is 4. The van der Waals surface area contributed by atoms with Gasteiger partial charge in [0.25, 0.3) is 0 Å². The molecule has 1 aliphatic heterocycles. The number of nitrogens with two attached hydrogens (primary N) is 1. The Hall–Kier alpha value is -1.42. The average molecular weight is 138 g/mol. The zero-order chi connectivity index (χ0) is 6.97. The first-order chi connectivity index (χ1) is 4.88. The molecule has 0 saturated heterocycles. The van der Waals surface area contributed by atoms with Crippen molar-refractivity contribution in [1.29, 1.82) is 0 Å². The molecule has 1 aromatic rings. The summed E-state index contributed by atoms with van der Waals surface area (Å²) < 4.78 is 0. The number of hydrogen-bond donors (Lipinski definition) is 2. The molecule has 0 atom stereocenters. The van der Waals surface area contributed by atoms with Crippen LogP contribution in [0.15, 0.2) is 18.2 Å². The first-order valence-electron chi connectivity index (χ1n) is 2.85. The zero-order valence-corrected chi connectivity index (χ0v) is 5.13. The molecule has 0 radical (unpaired) electrons. The van der Waals surface area contributed by atoms with Crippen molar-refractivity contribution in [3.8, 4) is 11.5 Å². The monoisotopic (exact) mass is 138 g/mol. The van der Waals surface area contributed by atoms with E-state index in [0.29, 0.717) is 17.2 Å². The lowest BCUT2D eigenvalue weighted by Crippen LogP contribution is -2.14. The van der Waals surface area contributed by atoms with Crippen LogP contribution in [0.5, 0.6) is 11.5 Å². The molecule has 3 N–H and O–H groups in total. The fourth-order valence-corrected chi connectivity index (χ4v) is 0.830. The Morgan fingerprint density at radius 2 is 2.20 bits per heavy atom. The molecular weight excluding hydrogens is 132 g/mol. The maximum Gasteiger partial charge on any atom is 0.218 e. The van der Waals surface area contributed by atoms with Gasteiger partial charge in [0, 0.05) is 5.64 Å². The van der Waals surface area contributed by atoms with Gasteiger partial charge in [0.1, 0.15) is 0 Å². The largest absolute Gasteiger partial charge is 0.396 e. The third-order valence-corrected chi connectivity index (χ3v) is 1.30. The minimum absolute atomic E-state index is 0.558. The van der Waals surface area contributed by atoms with Crippen LogP contribution >= 0.6 is 0 Å². The fraction of sp³-hybridized carbons (Fsp3) is 0. The van der Waals surface area contributed by atoms with Gasteiger partial charge in [-0.15, -0.1) is 0 Å². The normalized spacial score (nSPS) is 13.6. The van der Waals surface area contributed by atoms with Crippen LogP contribution in [0, 0.1) is 0 Å². The van der Waals surface area contributed by atoms with E-state index in [2.05, 4.69) is 5.64 Å². The van der Waals surface area contributed by atoms with Crippen LogP contribution in [0.25, 0.3) is 0 Å². The van der Waals surface area contributed by atoms with Crippen LogP contribution in [0.3, 0.4) is 0 Å². The van der Waals surface area contributed by atoms with Crippen LogP contribution < -0.4 is 21.1 Å². The summed E-state index contributed by atoms with van der Waals surface area (Å²) in [6.07, 6.45) is 0. The van der Waals surface area contributed by atoms with E-state index in [-0.39, 0.29) is 0 Å². The molecule has 1 heterocycles. The van der Waals surface area contributed by atoms with Gasteiger partial charge in [-0.1, -0.05) is 6.07 Å². The molecule has 0 saturated carbocycles. The third kappa shape index (κ3) is 0.593. The molecule has 0 aromatic heterocycles. The van der Waals surface area contributed by atoms with E-state index < -0.39 is 0 Å². The second-order valence-electron chi connectivity index (χ2n) is 1.96. The van der Waals surface area contributed by atoms with Crippen molar-refractivity contribution >= 4 is 5.69 Å².